The molecule has 0 heterocycles. The van der Waals surface area contributed by atoms with Gasteiger partial charge in [0.1, 0.15) is 11.5 Å². The highest BCUT2D eigenvalue weighted by Gasteiger charge is 2.04. The molecule has 0 saturated carbocycles. The quantitative estimate of drug-likeness (QED) is 0.775. The molecule has 0 amide bonds. The van der Waals surface area contributed by atoms with Crippen molar-refractivity contribution in [2.24, 2.45) is 5.73 Å². The Morgan fingerprint density at radius 1 is 1.18 bits per heavy atom. The van der Waals surface area contributed by atoms with Crippen molar-refractivity contribution in [3.05, 3.63) is 56.1 Å². The van der Waals surface area contributed by atoms with Gasteiger partial charge in [-0.25, -0.2) is 0 Å². The van der Waals surface area contributed by atoms with E-state index < -0.39 is 0 Å². The first-order valence-corrected chi connectivity index (χ1v) is 6.98. The molecule has 2 nitrogen and oxygen atoms in total. The normalized spacial score (nSPS) is 10.3. The standard InChI is InChI=1S/C13H11BrINO/c14-10-4-5-13(9(6-10)8-16)17-12-3-1-2-11(15)7-12/h1-7H,8,16H2. The average molecular weight is 404 g/mol. The topological polar surface area (TPSA) is 35.2 Å². The molecule has 0 spiro atoms. The van der Waals surface area contributed by atoms with E-state index in [4.69, 9.17) is 10.5 Å². The summed E-state index contributed by atoms with van der Waals surface area (Å²) >= 11 is 5.68. The van der Waals surface area contributed by atoms with Gasteiger partial charge < -0.3 is 10.5 Å². The maximum Gasteiger partial charge on any atom is 0.131 e. The molecule has 88 valence electrons. The zero-order chi connectivity index (χ0) is 12.3. The number of rotatable bonds is 3. The molecule has 0 atom stereocenters. The number of benzene rings is 2. The van der Waals surface area contributed by atoms with E-state index in [1.54, 1.807) is 0 Å². The van der Waals surface area contributed by atoms with Crippen molar-refractivity contribution in [2.45, 2.75) is 6.54 Å². The lowest BCUT2D eigenvalue weighted by Crippen LogP contribution is -1.99. The molecule has 0 saturated heterocycles. The first kappa shape index (κ1) is 12.9. The Labute approximate surface area is 122 Å². The van der Waals surface area contributed by atoms with E-state index in [1.807, 2.05) is 42.5 Å². The van der Waals surface area contributed by atoms with E-state index in [2.05, 4.69) is 38.5 Å². The van der Waals surface area contributed by atoms with Gasteiger partial charge in [0.05, 0.1) is 0 Å². The summed E-state index contributed by atoms with van der Waals surface area (Å²) in [4.78, 5) is 0. The molecule has 0 aliphatic heterocycles. The van der Waals surface area contributed by atoms with Gasteiger partial charge in [-0.3, -0.25) is 0 Å². The minimum atomic E-state index is 0.457. The van der Waals surface area contributed by atoms with Crippen LogP contribution in [-0.4, -0.2) is 0 Å². The predicted molar refractivity (Wildman–Crippen MR) is 81.3 cm³/mol. The lowest BCUT2D eigenvalue weighted by Gasteiger charge is -2.10. The molecular formula is C13H11BrINO. The van der Waals surface area contributed by atoms with Crippen LogP contribution < -0.4 is 10.5 Å². The van der Waals surface area contributed by atoms with Crippen molar-refractivity contribution in [1.82, 2.24) is 0 Å². The number of halogens is 2. The first-order chi connectivity index (χ1) is 8.19. The van der Waals surface area contributed by atoms with E-state index in [0.29, 0.717) is 6.54 Å². The number of ether oxygens (including phenoxy) is 1. The van der Waals surface area contributed by atoms with Crippen LogP contribution in [0, 0.1) is 3.57 Å². The van der Waals surface area contributed by atoms with Gasteiger partial charge in [0.2, 0.25) is 0 Å². The second-order valence-electron chi connectivity index (χ2n) is 3.52. The van der Waals surface area contributed by atoms with E-state index in [1.165, 1.54) is 0 Å². The maximum atomic E-state index is 5.83. The monoisotopic (exact) mass is 403 g/mol. The SMILES string of the molecule is NCc1cc(Br)ccc1Oc1cccc(I)c1. The van der Waals surface area contributed by atoms with E-state index >= 15 is 0 Å². The first-order valence-electron chi connectivity index (χ1n) is 5.11. The minimum Gasteiger partial charge on any atom is -0.457 e. The highest BCUT2D eigenvalue weighted by molar-refractivity contribution is 14.1. The van der Waals surface area contributed by atoms with Crippen molar-refractivity contribution >= 4 is 38.5 Å². The van der Waals surface area contributed by atoms with Gasteiger partial charge in [-0.2, -0.15) is 0 Å². The molecule has 2 aromatic rings. The Morgan fingerprint density at radius 3 is 2.71 bits per heavy atom. The van der Waals surface area contributed by atoms with Crippen LogP contribution in [0.5, 0.6) is 11.5 Å². The molecule has 0 unspecified atom stereocenters. The van der Waals surface area contributed by atoms with Gasteiger partial charge in [0, 0.05) is 20.2 Å². The molecule has 0 aromatic heterocycles. The van der Waals surface area contributed by atoms with Crippen molar-refractivity contribution in [2.75, 3.05) is 0 Å². The molecule has 0 aliphatic carbocycles. The van der Waals surface area contributed by atoms with Crippen molar-refractivity contribution < 1.29 is 4.74 Å². The van der Waals surface area contributed by atoms with Gasteiger partial charge in [-0.15, -0.1) is 0 Å². The van der Waals surface area contributed by atoms with Crippen molar-refractivity contribution in [3.63, 3.8) is 0 Å². The fourth-order valence-corrected chi connectivity index (χ4v) is 2.39. The fourth-order valence-electron chi connectivity index (χ4n) is 1.46. The second-order valence-corrected chi connectivity index (χ2v) is 5.68. The van der Waals surface area contributed by atoms with Crippen LogP contribution in [0.25, 0.3) is 0 Å². The van der Waals surface area contributed by atoms with Crippen LogP contribution in [-0.2, 0) is 6.54 Å². The molecule has 2 rings (SSSR count). The summed E-state index contributed by atoms with van der Waals surface area (Å²) in [5.41, 5.74) is 6.69. The number of hydrogen-bond acceptors (Lipinski definition) is 2. The summed E-state index contributed by atoms with van der Waals surface area (Å²) in [6, 6.07) is 13.8. The molecule has 0 radical (unpaired) electrons. The summed E-state index contributed by atoms with van der Waals surface area (Å²) in [5, 5.41) is 0. The predicted octanol–water partition coefficient (Wildman–Crippen LogP) is 4.30. The Hall–Kier alpha value is -0.590. The largest absolute Gasteiger partial charge is 0.457 e. The summed E-state index contributed by atoms with van der Waals surface area (Å²) in [7, 11) is 0. The third-order valence-corrected chi connectivity index (χ3v) is 3.43. The molecule has 2 aromatic carbocycles. The van der Waals surface area contributed by atoms with Gasteiger partial charge in [0.25, 0.3) is 0 Å². The smallest absolute Gasteiger partial charge is 0.131 e. The van der Waals surface area contributed by atoms with E-state index in [0.717, 1.165) is 25.1 Å². The summed E-state index contributed by atoms with van der Waals surface area (Å²) < 4.78 is 7.98. The van der Waals surface area contributed by atoms with Gasteiger partial charge in [-0.05, 0) is 59.0 Å². The molecular weight excluding hydrogens is 393 g/mol. The molecule has 2 N–H and O–H groups in total. The zero-order valence-electron chi connectivity index (χ0n) is 8.99. The maximum absolute atomic E-state index is 5.83. The summed E-state index contributed by atoms with van der Waals surface area (Å²) in [6.45, 7) is 0.457. The summed E-state index contributed by atoms with van der Waals surface area (Å²) in [5.74, 6) is 1.63. The Morgan fingerprint density at radius 2 is 2.00 bits per heavy atom. The van der Waals surface area contributed by atoms with Gasteiger partial charge in [-0.1, -0.05) is 22.0 Å². The molecule has 0 bridgehead atoms. The third-order valence-electron chi connectivity index (χ3n) is 2.27. The molecule has 17 heavy (non-hydrogen) atoms. The van der Waals surface area contributed by atoms with Crippen LogP contribution in [0.15, 0.2) is 46.9 Å². The summed E-state index contributed by atoms with van der Waals surface area (Å²) in [6.07, 6.45) is 0. The zero-order valence-corrected chi connectivity index (χ0v) is 12.7. The van der Waals surface area contributed by atoms with Crippen LogP contribution >= 0.6 is 38.5 Å². The Balaban J connectivity index is 2.29. The van der Waals surface area contributed by atoms with Crippen LogP contribution in [0.4, 0.5) is 0 Å². The Bertz CT molecular complexity index is 531. The lowest BCUT2D eigenvalue weighted by molar-refractivity contribution is 0.476. The van der Waals surface area contributed by atoms with Gasteiger partial charge in [0.15, 0.2) is 0 Å². The van der Waals surface area contributed by atoms with Crippen LogP contribution in [0.3, 0.4) is 0 Å². The van der Waals surface area contributed by atoms with Crippen molar-refractivity contribution in [3.8, 4) is 11.5 Å². The molecule has 0 aliphatic rings. The van der Waals surface area contributed by atoms with E-state index in [9.17, 15) is 0 Å². The number of hydrogen-bond donors (Lipinski definition) is 1. The highest BCUT2D eigenvalue weighted by atomic mass is 127. The van der Waals surface area contributed by atoms with Crippen molar-refractivity contribution in [1.29, 1.82) is 0 Å². The molecule has 4 heteroatoms. The molecule has 0 fully saturated rings. The second kappa shape index (κ2) is 5.84. The lowest BCUT2D eigenvalue weighted by atomic mass is 10.2. The third kappa shape index (κ3) is 3.43. The Kier molecular flexibility index (Phi) is 4.42. The van der Waals surface area contributed by atoms with Crippen LogP contribution in [0.2, 0.25) is 0 Å². The van der Waals surface area contributed by atoms with E-state index in [-0.39, 0.29) is 0 Å². The average Bonchev–Trinajstić information content (AvgIpc) is 2.31. The minimum absolute atomic E-state index is 0.457. The highest BCUT2D eigenvalue weighted by Crippen LogP contribution is 2.28. The van der Waals surface area contributed by atoms with Crippen LogP contribution in [0.1, 0.15) is 5.56 Å². The fraction of sp³-hybridized carbons (Fsp3) is 0.0769. The number of nitrogens with two attached hydrogens (primary N) is 1. The van der Waals surface area contributed by atoms with Gasteiger partial charge >= 0.3 is 0 Å².